The fourth-order valence-electron chi connectivity index (χ4n) is 8.84. The minimum Gasteiger partial charge on any atom is -0.507 e. The lowest BCUT2D eigenvalue weighted by molar-refractivity contribution is -0.0177. The molecule has 432 valence electrons. The van der Waals surface area contributed by atoms with Crippen molar-refractivity contribution in [1.82, 2.24) is 15.0 Å². The summed E-state index contributed by atoms with van der Waals surface area (Å²) in [6.07, 6.45) is 13.9. The Balaban J connectivity index is 0.000000724. The third-order valence-electron chi connectivity index (χ3n) is 13.6. The average Bonchev–Trinajstić information content (AvgIpc) is 3.46. The van der Waals surface area contributed by atoms with Crippen LogP contribution in [-0.4, -0.2) is 100.0 Å². The maximum Gasteiger partial charge on any atom is 0.339 e. The Bertz CT molecular complexity index is 2570. The molecule has 0 fully saturated rings. The number of rotatable bonds is 32. The summed E-state index contributed by atoms with van der Waals surface area (Å²) in [5, 5.41) is 74.4. The lowest BCUT2D eigenvalue weighted by Gasteiger charge is -2.28. The highest BCUT2D eigenvalue weighted by Gasteiger charge is 2.27. The number of ether oxygens (including phenoxy) is 1. The first-order valence-electron chi connectivity index (χ1n) is 27.9. The molecule has 10 N–H and O–H groups in total. The van der Waals surface area contributed by atoms with Gasteiger partial charge in [0.15, 0.2) is 0 Å². The van der Waals surface area contributed by atoms with Gasteiger partial charge in [0.2, 0.25) is 17.8 Å². The average molecular weight is 1100 g/mol. The molecule has 0 amide bonds. The molecule has 5 aromatic rings. The molecule has 1 heterocycles. The molecular weight excluding hydrogens is 1010 g/mol. The molecule has 0 aliphatic heterocycles. The number of nitrogens with zero attached hydrogens (tertiary/aromatic N) is 3. The van der Waals surface area contributed by atoms with Crippen molar-refractivity contribution >= 4 is 58.8 Å². The van der Waals surface area contributed by atoms with Gasteiger partial charge in [-0.1, -0.05) is 131 Å². The van der Waals surface area contributed by atoms with Crippen LogP contribution in [0.3, 0.4) is 0 Å². The lowest BCUT2D eigenvalue weighted by Crippen LogP contribution is -2.19. The van der Waals surface area contributed by atoms with Crippen molar-refractivity contribution < 1.29 is 59.7 Å². The number of benzene rings is 4. The molecule has 0 aliphatic rings. The van der Waals surface area contributed by atoms with E-state index in [9.17, 15) is 34.5 Å². The van der Waals surface area contributed by atoms with Crippen LogP contribution in [0.2, 0.25) is 0 Å². The zero-order valence-corrected chi connectivity index (χ0v) is 47.4. The van der Waals surface area contributed by atoms with E-state index in [1.54, 1.807) is 50.2 Å². The van der Waals surface area contributed by atoms with Crippen LogP contribution in [-0.2, 0) is 24.0 Å². The summed E-state index contributed by atoms with van der Waals surface area (Å²) in [5.41, 5.74) is 5.40. The molecule has 4 aromatic carbocycles. The summed E-state index contributed by atoms with van der Waals surface area (Å²) in [7, 11) is 0. The van der Waals surface area contributed by atoms with Gasteiger partial charge in [-0.05, 0) is 134 Å². The third-order valence-corrected chi connectivity index (χ3v) is 13.6. The van der Waals surface area contributed by atoms with Gasteiger partial charge in [-0.3, -0.25) is 0 Å². The number of carboxylic acids is 4. The van der Waals surface area contributed by atoms with Crippen molar-refractivity contribution in [1.29, 1.82) is 0 Å². The smallest absolute Gasteiger partial charge is 0.339 e. The summed E-state index contributed by atoms with van der Waals surface area (Å²) >= 11 is 0. The zero-order valence-electron chi connectivity index (χ0n) is 47.4. The van der Waals surface area contributed by atoms with E-state index in [0.717, 1.165) is 99.4 Å². The van der Waals surface area contributed by atoms with Crippen molar-refractivity contribution in [3.05, 3.63) is 118 Å². The first-order chi connectivity index (χ1) is 37.8. The summed E-state index contributed by atoms with van der Waals surface area (Å²) in [4.78, 5) is 61.1. The Morgan fingerprint density at radius 3 is 1.33 bits per heavy atom. The van der Waals surface area contributed by atoms with E-state index in [1.165, 1.54) is 36.4 Å². The molecule has 0 saturated heterocycles. The number of aliphatic hydroxyl groups excluding tert-OH is 2. The number of hydrogen-bond acceptors (Lipinski definition) is 14. The number of anilines is 6. The second-order valence-electron chi connectivity index (χ2n) is 20.0. The molecule has 0 bridgehead atoms. The van der Waals surface area contributed by atoms with Gasteiger partial charge in [0.25, 0.3) is 0 Å². The van der Waals surface area contributed by atoms with Gasteiger partial charge in [-0.25, -0.2) is 19.2 Å². The Labute approximate surface area is 466 Å². The summed E-state index contributed by atoms with van der Waals surface area (Å²) < 4.78 is 4.95. The van der Waals surface area contributed by atoms with E-state index in [0.29, 0.717) is 60.6 Å². The molecule has 0 aliphatic carbocycles. The SMILES string of the molecule is CC(O)COC(C)CO.CCCCC(CC)Cc1cc(C(=O)O)c(CC(CC)CCCC)c(CC(CC)CCCC)c1Nc1nc(Nc2ccc(C(=O)O)cc2)nc(Nc2ccc(C(=O)O)cc2)n1.O=C(O)c1ccccc1O. The molecule has 0 spiro atoms. The lowest BCUT2D eigenvalue weighted by atomic mass is 9.80. The van der Waals surface area contributed by atoms with Gasteiger partial charge < -0.3 is 56.4 Å². The summed E-state index contributed by atoms with van der Waals surface area (Å²) in [5.74, 6) is -2.69. The van der Waals surface area contributed by atoms with Crippen LogP contribution in [0.4, 0.5) is 34.9 Å². The number of phenols is 1. The summed E-state index contributed by atoms with van der Waals surface area (Å²) in [6, 6.07) is 20.2. The van der Waals surface area contributed by atoms with Crippen molar-refractivity contribution in [2.45, 2.75) is 164 Å². The minimum atomic E-state index is -1.11. The molecule has 5 unspecified atom stereocenters. The summed E-state index contributed by atoms with van der Waals surface area (Å²) in [6.45, 7) is 16.9. The van der Waals surface area contributed by atoms with Gasteiger partial charge in [0.1, 0.15) is 11.3 Å². The van der Waals surface area contributed by atoms with E-state index < -0.39 is 30.0 Å². The first kappa shape index (κ1) is 66.1. The molecule has 5 rings (SSSR count). The molecule has 18 nitrogen and oxygen atoms in total. The Kier molecular flexibility index (Phi) is 29.6. The number of carboxylic acid groups (broad SMARTS) is 4. The number of nitrogens with one attached hydrogen (secondary N) is 3. The van der Waals surface area contributed by atoms with Gasteiger partial charge in [-0.15, -0.1) is 0 Å². The number of unbranched alkanes of at least 4 members (excludes halogenated alkanes) is 3. The Hall–Kier alpha value is -7.15. The molecular formula is C61H86N6O12. The number of aromatic carboxylic acids is 4. The number of aromatic hydroxyl groups is 1. The van der Waals surface area contributed by atoms with Crippen LogP contribution in [0, 0.1) is 17.8 Å². The van der Waals surface area contributed by atoms with E-state index >= 15 is 0 Å². The van der Waals surface area contributed by atoms with Crippen LogP contribution in [0.15, 0.2) is 78.9 Å². The van der Waals surface area contributed by atoms with Crippen LogP contribution in [0.1, 0.15) is 191 Å². The molecule has 1 aromatic heterocycles. The second kappa shape index (κ2) is 35.4. The van der Waals surface area contributed by atoms with E-state index in [2.05, 4.69) is 62.5 Å². The highest BCUT2D eigenvalue weighted by molar-refractivity contribution is 5.92. The quantitative estimate of drug-likeness (QED) is 0.0191. The topological polar surface area (TPSA) is 294 Å². The number of para-hydroxylation sites is 1. The predicted octanol–water partition coefficient (Wildman–Crippen LogP) is 13.3. The molecule has 18 heteroatoms. The van der Waals surface area contributed by atoms with Crippen molar-refractivity contribution in [2.24, 2.45) is 17.8 Å². The van der Waals surface area contributed by atoms with Gasteiger partial charge in [-0.2, -0.15) is 15.0 Å². The zero-order chi connectivity index (χ0) is 58.4. The number of carbonyl (C=O) groups is 4. The molecule has 0 saturated carbocycles. The number of aliphatic hydroxyl groups is 2. The van der Waals surface area contributed by atoms with Gasteiger partial charge in [0.05, 0.1) is 42.1 Å². The van der Waals surface area contributed by atoms with Crippen LogP contribution in [0.25, 0.3) is 0 Å². The van der Waals surface area contributed by atoms with E-state index in [4.69, 9.17) is 35.1 Å². The monoisotopic (exact) mass is 1090 g/mol. The second-order valence-corrected chi connectivity index (χ2v) is 20.0. The number of aromatic nitrogens is 3. The highest BCUT2D eigenvalue weighted by atomic mass is 16.5. The minimum absolute atomic E-state index is 0.00667. The third kappa shape index (κ3) is 23.0. The van der Waals surface area contributed by atoms with Crippen LogP contribution in [0.5, 0.6) is 5.75 Å². The van der Waals surface area contributed by atoms with Crippen molar-refractivity contribution in [2.75, 3.05) is 29.2 Å². The maximum absolute atomic E-state index is 13.4. The van der Waals surface area contributed by atoms with Gasteiger partial charge in [0, 0.05) is 17.1 Å². The maximum atomic E-state index is 13.4. The van der Waals surface area contributed by atoms with Crippen LogP contribution < -0.4 is 16.0 Å². The van der Waals surface area contributed by atoms with Crippen molar-refractivity contribution in [3.63, 3.8) is 0 Å². The Morgan fingerprint density at radius 1 is 0.544 bits per heavy atom. The molecule has 79 heavy (non-hydrogen) atoms. The Morgan fingerprint density at radius 2 is 0.962 bits per heavy atom. The molecule has 5 atom stereocenters. The molecule has 0 radical (unpaired) electrons. The first-order valence-corrected chi connectivity index (χ1v) is 27.9. The fourth-order valence-corrected chi connectivity index (χ4v) is 8.84. The van der Waals surface area contributed by atoms with E-state index in [-0.39, 0.29) is 53.0 Å². The predicted molar refractivity (Wildman–Crippen MR) is 310 cm³/mol. The standard InChI is InChI=1S/C48H66N6O6.C7H6O3.C6H14O3/c1-7-13-16-31(10-4)27-36-30-41(45(59)60)39(28-32(11-5)17-14-8-2)40(29-33(12-6)18-15-9-3)42(36)51-48-53-46(49-37-23-19-34(20-24-37)43(55)56)52-47(54-48)50-38-25-21-35(22-26-38)44(57)58;8-6-4-2-1-3-5(6)7(9)10;1-5(8)4-9-6(2)3-7/h19-26,30-33H,7-18,27-29H2,1-6H3,(H,55,56)(H,57,58)(H,59,60)(H3,49,50,51,52,53,54);1-4,8H,(H,9,10);5-8H,3-4H2,1-2H3. The normalized spacial score (nSPS) is 12.8. The highest BCUT2D eigenvalue weighted by Crippen LogP contribution is 2.39. The van der Waals surface area contributed by atoms with Gasteiger partial charge >= 0.3 is 23.9 Å². The fraction of sp³-hybridized carbons (Fsp3) is 0.492. The van der Waals surface area contributed by atoms with Crippen LogP contribution >= 0.6 is 0 Å². The largest absolute Gasteiger partial charge is 0.507 e. The number of hydrogen-bond donors (Lipinski definition) is 10. The van der Waals surface area contributed by atoms with E-state index in [1.807, 2.05) is 6.07 Å². The van der Waals surface area contributed by atoms with Crippen molar-refractivity contribution in [3.8, 4) is 5.75 Å².